The summed E-state index contributed by atoms with van der Waals surface area (Å²) in [6, 6.07) is 2.11. The standard InChI is InChI=1S/C15H21N3O2/c19-15(20)12-5-7-18(8-6-12)14-9-13(16-10-17-14)11-3-1-2-4-11/h9-12H,1-8H2,(H,19,20). The molecule has 2 heterocycles. The lowest BCUT2D eigenvalue weighted by atomic mass is 9.97. The van der Waals surface area contributed by atoms with E-state index in [1.54, 1.807) is 6.33 Å². The third-order valence-corrected chi connectivity index (χ3v) is 4.62. The summed E-state index contributed by atoms with van der Waals surface area (Å²) in [6.45, 7) is 1.55. The zero-order valence-electron chi connectivity index (χ0n) is 11.7. The first-order valence-electron chi connectivity index (χ1n) is 7.54. The Kier molecular flexibility index (Phi) is 3.85. The lowest BCUT2D eigenvalue weighted by Gasteiger charge is -2.31. The second-order valence-corrected chi connectivity index (χ2v) is 5.88. The molecule has 0 spiro atoms. The Morgan fingerprint density at radius 2 is 1.85 bits per heavy atom. The summed E-state index contributed by atoms with van der Waals surface area (Å²) in [5.74, 6) is 0.695. The molecule has 1 aromatic rings. The van der Waals surface area contributed by atoms with Crippen LogP contribution in [-0.2, 0) is 4.79 Å². The van der Waals surface area contributed by atoms with Gasteiger partial charge in [-0.05, 0) is 25.7 Å². The maximum Gasteiger partial charge on any atom is 0.306 e. The van der Waals surface area contributed by atoms with Gasteiger partial charge in [-0.2, -0.15) is 0 Å². The molecule has 0 atom stereocenters. The number of carbonyl (C=O) groups is 1. The van der Waals surface area contributed by atoms with Crippen LogP contribution in [0.5, 0.6) is 0 Å². The number of hydrogen-bond donors (Lipinski definition) is 1. The van der Waals surface area contributed by atoms with Gasteiger partial charge in [-0.3, -0.25) is 4.79 Å². The van der Waals surface area contributed by atoms with Gasteiger partial charge in [0.05, 0.1) is 5.92 Å². The maximum atomic E-state index is 11.0. The zero-order valence-corrected chi connectivity index (χ0v) is 11.7. The number of aromatic nitrogens is 2. The molecule has 5 nitrogen and oxygen atoms in total. The van der Waals surface area contributed by atoms with Crippen LogP contribution in [0.4, 0.5) is 5.82 Å². The SMILES string of the molecule is O=C(O)C1CCN(c2cc(C3CCCC3)ncn2)CC1. The molecule has 20 heavy (non-hydrogen) atoms. The summed E-state index contributed by atoms with van der Waals surface area (Å²) in [5, 5.41) is 9.04. The second kappa shape index (κ2) is 5.77. The lowest BCUT2D eigenvalue weighted by molar-refractivity contribution is -0.142. The molecular formula is C15H21N3O2. The van der Waals surface area contributed by atoms with Gasteiger partial charge < -0.3 is 10.0 Å². The smallest absolute Gasteiger partial charge is 0.306 e. The van der Waals surface area contributed by atoms with E-state index in [1.165, 1.54) is 25.7 Å². The summed E-state index contributed by atoms with van der Waals surface area (Å²) < 4.78 is 0. The minimum atomic E-state index is -0.668. The monoisotopic (exact) mass is 275 g/mol. The van der Waals surface area contributed by atoms with Gasteiger partial charge in [0.2, 0.25) is 0 Å². The fourth-order valence-electron chi connectivity index (χ4n) is 3.33. The van der Waals surface area contributed by atoms with E-state index in [4.69, 9.17) is 5.11 Å². The minimum Gasteiger partial charge on any atom is -0.481 e. The van der Waals surface area contributed by atoms with Crippen molar-refractivity contribution in [1.82, 2.24) is 9.97 Å². The largest absolute Gasteiger partial charge is 0.481 e. The normalized spacial score (nSPS) is 21.3. The van der Waals surface area contributed by atoms with Crippen molar-refractivity contribution in [2.24, 2.45) is 5.92 Å². The van der Waals surface area contributed by atoms with E-state index in [-0.39, 0.29) is 5.92 Å². The van der Waals surface area contributed by atoms with Crippen molar-refractivity contribution in [3.05, 3.63) is 18.1 Å². The van der Waals surface area contributed by atoms with E-state index in [9.17, 15) is 4.79 Å². The molecule has 1 saturated carbocycles. The van der Waals surface area contributed by atoms with Crippen LogP contribution in [0.3, 0.4) is 0 Å². The van der Waals surface area contributed by atoms with E-state index in [0.717, 1.165) is 24.6 Å². The van der Waals surface area contributed by atoms with Crippen molar-refractivity contribution >= 4 is 11.8 Å². The Bertz CT molecular complexity index is 478. The van der Waals surface area contributed by atoms with Crippen LogP contribution in [0.1, 0.15) is 50.1 Å². The average Bonchev–Trinajstić information content (AvgIpc) is 3.02. The molecule has 3 rings (SSSR count). The van der Waals surface area contributed by atoms with E-state index < -0.39 is 5.97 Å². The molecule has 1 aliphatic heterocycles. The van der Waals surface area contributed by atoms with Crippen LogP contribution < -0.4 is 4.90 Å². The molecule has 0 aromatic carbocycles. The molecule has 1 saturated heterocycles. The number of carboxylic acid groups (broad SMARTS) is 1. The van der Waals surface area contributed by atoms with Crippen LogP contribution in [-0.4, -0.2) is 34.1 Å². The van der Waals surface area contributed by atoms with Crippen molar-refractivity contribution < 1.29 is 9.90 Å². The topological polar surface area (TPSA) is 66.3 Å². The highest BCUT2D eigenvalue weighted by molar-refractivity contribution is 5.70. The first kappa shape index (κ1) is 13.3. The van der Waals surface area contributed by atoms with Crippen LogP contribution in [0.15, 0.2) is 12.4 Å². The van der Waals surface area contributed by atoms with E-state index in [0.29, 0.717) is 18.8 Å². The highest BCUT2D eigenvalue weighted by Crippen LogP contribution is 2.34. The average molecular weight is 275 g/mol. The highest BCUT2D eigenvalue weighted by atomic mass is 16.4. The van der Waals surface area contributed by atoms with Crippen molar-refractivity contribution in [3.63, 3.8) is 0 Å². The zero-order chi connectivity index (χ0) is 13.9. The van der Waals surface area contributed by atoms with Gasteiger partial charge in [-0.1, -0.05) is 12.8 Å². The Labute approximate surface area is 119 Å². The van der Waals surface area contributed by atoms with E-state index in [1.807, 2.05) is 0 Å². The van der Waals surface area contributed by atoms with E-state index in [2.05, 4.69) is 20.9 Å². The van der Waals surface area contributed by atoms with Gasteiger partial charge in [0.15, 0.2) is 0 Å². The van der Waals surface area contributed by atoms with Gasteiger partial charge in [0.25, 0.3) is 0 Å². The summed E-state index contributed by atoms with van der Waals surface area (Å²) in [7, 11) is 0. The fourth-order valence-corrected chi connectivity index (χ4v) is 3.33. The van der Waals surface area contributed by atoms with Gasteiger partial charge >= 0.3 is 5.97 Å². The number of nitrogens with zero attached hydrogens (tertiary/aromatic N) is 3. The maximum absolute atomic E-state index is 11.0. The molecule has 0 radical (unpaired) electrons. The third-order valence-electron chi connectivity index (χ3n) is 4.62. The summed E-state index contributed by atoms with van der Waals surface area (Å²) >= 11 is 0. The molecular weight excluding hydrogens is 254 g/mol. The number of carboxylic acids is 1. The number of rotatable bonds is 3. The molecule has 5 heteroatoms. The Balaban J connectivity index is 1.68. The van der Waals surface area contributed by atoms with Crippen molar-refractivity contribution in [2.75, 3.05) is 18.0 Å². The molecule has 1 N–H and O–H groups in total. The first-order valence-corrected chi connectivity index (χ1v) is 7.54. The van der Waals surface area contributed by atoms with Crippen LogP contribution >= 0.6 is 0 Å². The number of hydrogen-bond acceptors (Lipinski definition) is 4. The Morgan fingerprint density at radius 1 is 1.15 bits per heavy atom. The number of piperidine rings is 1. The Morgan fingerprint density at radius 3 is 2.50 bits per heavy atom. The van der Waals surface area contributed by atoms with Gasteiger partial charge in [-0.25, -0.2) is 9.97 Å². The number of anilines is 1. The lowest BCUT2D eigenvalue weighted by Crippen LogP contribution is -2.36. The molecule has 2 fully saturated rings. The second-order valence-electron chi connectivity index (χ2n) is 5.88. The quantitative estimate of drug-likeness (QED) is 0.917. The summed E-state index contributed by atoms with van der Waals surface area (Å²) in [4.78, 5) is 22.0. The highest BCUT2D eigenvalue weighted by Gasteiger charge is 2.26. The summed E-state index contributed by atoms with van der Waals surface area (Å²) in [5.41, 5.74) is 1.16. The number of aliphatic carboxylic acids is 1. The van der Waals surface area contributed by atoms with Crippen LogP contribution in [0, 0.1) is 5.92 Å². The molecule has 1 aromatic heterocycles. The predicted octanol–water partition coefficient (Wildman–Crippen LogP) is 2.44. The summed E-state index contributed by atoms with van der Waals surface area (Å²) in [6.07, 6.45) is 8.14. The molecule has 0 unspecified atom stereocenters. The third kappa shape index (κ3) is 2.76. The fraction of sp³-hybridized carbons (Fsp3) is 0.667. The molecule has 1 aliphatic carbocycles. The minimum absolute atomic E-state index is 0.192. The molecule has 0 bridgehead atoms. The van der Waals surface area contributed by atoms with Crippen molar-refractivity contribution in [3.8, 4) is 0 Å². The van der Waals surface area contributed by atoms with Gasteiger partial charge in [-0.15, -0.1) is 0 Å². The van der Waals surface area contributed by atoms with Crippen LogP contribution in [0.25, 0.3) is 0 Å². The predicted molar refractivity (Wildman–Crippen MR) is 75.8 cm³/mol. The molecule has 0 amide bonds. The Hall–Kier alpha value is -1.65. The first-order chi connectivity index (χ1) is 9.74. The van der Waals surface area contributed by atoms with Crippen molar-refractivity contribution in [2.45, 2.75) is 44.4 Å². The van der Waals surface area contributed by atoms with Crippen LogP contribution in [0.2, 0.25) is 0 Å². The van der Waals surface area contributed by atoms with Gasteiger partial charge in [0.1, 0.15) is 12.1 Å². The van der Waals surface area contributed by atoms with E-state index >= 15 is 0 Å². The molecule has 2 aliphatic rings. The molecule has 108 valence electrons. The van der Waals surface area contributed by atoms with Crippen molar-refractivity contribution in [1.29, 1.82) is 0 Å². The van der Waals surface area contributed by atoms with Gasteiger partial charge in [0, 0.05) is 30.8 Å².